The molecule has 1 aliphatic rings. The van der Waals surface area contributed by atoms with Crippen molar-refractivity contribution in [3.8, 4) is 5.75 Å². The molecule has 0 spiro atoms. The lowest BCUT2D eigenvalue weighted by Crippen LogP contribution is -2.14. The molecule has 0 radical (unpaired) electrons. The van der Waals surface area contributed by atoms with Gasteiger partial charge in [-0.3, -0.25) is 4.79 Å². The van der Waals surface area contributed by atoms with Gasteiger partial charge in [0.1, 0.15) is 12.4 Å². The van der Waals surface area contributed by atoms with Crippen LogP contribution in [-0.4, -0.2) is 5.91 Å². The Morgan fingerprint density at radius 3 is 2.52 bits per heavy atom. The van der Waals surface area contributed by atoms with Gasteiger partial charge in [-0.2, -0.15) is 0 Å². The topological polar surface area (TPSA) is 38.3 Å². The summed E-state index contributed by atoms with van der Waals surface area (Å²) >= 11 is 8.95. The highest BCUT2D eigenvalue weighted by Crippen LogP contribution is 2.40. The minimum atomic E-state index is -0.185. The Morgan fingerprint density at radius 2 is 1.81 bits per heavy atom. The second-order valence-corrected chi connectivity index (χ2v) is 10.3. The third kappa shape index (κ3) is 4.80. The molecule has 0 saturated heterocycles. The quantitative estimate of drug-likeness (QED) is 0.277. The molecule has 0 unspecified atom stereocenters. The average Bonchev–Trinajstić information content (AvgIpc) is 3.01. The van der Waals surface area contributed by atoms with Gasteiger partial charge in [-0.25, -0.2) is 0 Å². The zero-order valence-corrected chi connectivity index (χ0v) is 20.5. The normalized spacial score (nSPS) is 14.5. The van der Waals surface area contributed by atoms with E-state index in [1.165, 1.54) is 0 Å². The third-order valence-corrected chi connectivity index (χ3v) is 6.13. The minimum Gasteiger partial charge on any atom is -0.487 e. The predicted octanol–water partition coefficient (Wildman–Crippen LogP) is 7.31. The van der Waals surface area contributed by atoms with Gasteiger partial charge in [0.2, 0.25) is 0 Å². The molecule has 0 fully saturated rings. The SMILES string of the molecule is CC(C)(C)c1cc(C=C2C(=O)Nc3ccc(I)cc32)cc(Cl)c1OCc1ccccc1. The van der Waals surface area contributed by atoms with E-state index in [2.05, 4.69) is 54.7 Å². The van der Waals surface area contributed by atoms with Crippen molar-refractivity contribution in [2.24, 2.45) is 0 Å². The van der Waals surface area contributed by atoms with Crippen LogP contribution in [0.25, 0.3) is 11.6 Å². The van der Waals surface area contributed by atoms with Crippen LogP contribution in [0.2, 0.25) is 5.02 Å². The standard InChI is InChI=1S/C26H23ClINO2/c1-26(2,3)21-12-17(11-20-19-14-18(28)9-10-23(19)29-25(20)30)13-22(27)24(21)31-15-16-7-5-4-6-8-16/h4-14H,15H2,1-3H3,(H,29,30). The van der Waals surface area contributed by atoms with E-state index in [1.54, 1.807) is 0 Å². The summed E-state index contributed by atoms with van der Waals surface area (Å²) in [5, 5.41) is 3.47. The molecule has 0 aliphatic carbocycles. The van der Waals surface area contributed by atoms with E-state index in [0.717, 1.165) is 31.5 Å². The van der Waals surface area contributed by atoms with Gasteiger partial charge in [-0.1, -0.05) is 62.7 Å². The van der Waals surface area contributed by atoms with E-state index < -0.39 is 0 Å². The molecular formula is C26H23ClINO2. The Hall–Kier alpha value is -2.31. The first-order valence-corrected chi connectivity index (χ1v) is 11.5. The number of hydrogen-bond acceptors (Lipinski definition) is 2. The van der Waals surface area contributed by atoms with Crippen LogP contribution < -0.4 is 10.1 Å². The maximum Gasteiger partial charge on any atom is 0.256 e. The Bertz CT molecular complexity index is 1180. The van der Waals surface area contributed by atoms with Crippen molar-refractivity contribution in [3.05, 3.63) is 91.5 Å². The monoisotopic (exact) mass is 543 g/mol. The summed E-state index contributed by atoms with van der Waals surface area (Å²) in [5.74, 6) is 0.584. The first kappa shape index (κ1) is 21.9. The first-order valence-electron chi connectivity index (χ1n) is 10.1. The van der Waals surface area contributed by atoms with Gasteiger partial charge in [0.15, 0.2) is 0 Å². The van der Waals surface area contributed by atoms with Gasteiger partial charge >= 0.3 is 0 Å². The van der Waals surface area contributed by atoms with Gasteiger partial charge in [0, 0.05) is 26.0 Å². The number of ether oxygens (including phenoxy) is 1. The fourth-order valence-electron chi connectivity index (χ4n) is 3.60. The van der Waals surface area contributed by atoms with E-state index in [4.69, 9.17) is 16.3 Å². The maximum absolute atomic E-state index is 12.6. The molecule has 1 heterocycles. The van der Waals surface area contributed by atoms with E-state index in [9.17, 15) is 4.79 Å². The molecule has 31 heavy (non-hydrogen) atoms. The van der Waals surface area contributed by atoms with Gasteiger partial charge in [-0.05, 0) is 75.5 Å². The van der Waals surface area contributed by atoms with E-state index in [0.29, 0.717) is 23.0 Å². The number of amides is 1. The molecule has 3 aromatic carbocycles. The zero-order chi connectivity index (χ0) is 22.2. The molecular weight excluding hydrogens is 521 g/mol. The molecule has 5 heteroatoms. The molecule has 0 aromatic heterocycles. The fourth-order valence-corrected chi connectivity index (χ4v) is 4.38. The second kappa shape index (κ2) is 8.67. The molecule has 4 rings (SSSR count). The van der Waals surface area contributed by atoms with Crippen molar-refractivity contribution in [1.82, 2.24) is 0 Å². The number of halogens is 2. The molecule has 1 N–H and O–H groups in total. The number of hydrogen-bond donors (Lipinski definition) is 1. The minimum absolute atomic E-state index is 0.102. The van der Waals surface area contributed by atoms with E-state index >= 15 is 0 Å². The Labute approximate surface area is 201 Å². The summed E-state index contributed by atoms with van der Waals surface area (Å²) in [4.78, 5) is 12.6. The summed E-state index contributed by atoms with van der Waals surface area (Å²) in [6.45, 7) is 6.83. The van der Waals surface area contributed by atoms with Crippen LogP contribution in [0.5, 0.6) is 5.75 Å². The fraction of sp³-hybridized carbons (Fsp3) is 0.192. The highest BCUT2D eigenvalue weighted by molar-refractivity contribution is 14.1. The Kier molecular flexibility index (Phi) is 6.13. The smallest absolute Gasteiger partial charge is 0.256 e. The summed E-state index contributed by atoms with van der Waals surface area (Å²) in [6.07, 6.45) is 1.90. The number of rotatable bonds is 4. The lowest BCUT2D eigenvalue weighted by atomic mass is 9.85. The number of benzene rings is 3. The van der Waals surface area contributed by atoms with Crippen molar-refractivity contribution in [2.45, 2.75) is 32.8 Å². The van der Waals surface area contributed by atoms with Gasteiger partial charge < -0.3 is 10.1 Å². The van der Waals surface area contributed by atoms with Gasteiger partial charge in [0.25, 0.3) is 5.91 Å². The predicted molar refractivity (Wildman–Crippen MR) is 137 cm³/mol. The van der Waals surface area contributed by atoms with Crippen LogP contribution in [0.15, 0.2) is 60.7 Å². The molecule has 0 saturated carbocycles. The molecule has 158 valence electrons. The zero-order valence-electron chi connectivity index (χ0n) is 17.6. The lowest BCUT2D eigenvalue weighted by Gasteiger charge is -2.24. The Morgan fingerprint density at radius 1 is 1.06 bits per heavy atom. The average molecular weight is 544 g/mol. The number of nitrogens with one attached hydrogen (secondary N) is 1. The number of fused-ring (bicyclic) bond motifs is 1. The van der Waals surface area contributed by atoms with Crippen molar-refractivity contribution in [2.75, 3.05) is 5.32 Å². The largest absolute Gasteiger partial charge is 0.487 e. The van der Waals surface area contributed by atoms with Crippen LogP contribution in [0.3, 0.4) is 0 Å². The van der Waals surface area contributed by atoms with Gasteiger partial charge in [-0.15, -0.1) is 0 Å². The molecule has 1 amide bonds. The highest BCUT2D eigenvalue weighted by atomic mass is 127. The summed E-state index contributed by atoms with van der Waals surface area (Å²) in [6, 6.07) is 19.9. The van der Waals surface area contributed by atoms with Crippen molar-refractivity contribution in [1.29, 1.82) is 0 Å². The highest BCUT2D eigenvalue weighted by Gasteiger charge is 2.26. The number of carbonyl (C=O) groups is 1. The van der Waals surface area contributed by atoms with Gasteiger partial charge in [0.05, 0.1) is 5.02 Å². The van der Waals surface area contributed by atoms with Crippen molar-refractivity contribution in [3.63, 3.8) is 0 Å². The van der Waals surface area contributed by atoms with E-state index in [-0.39, 0.29) is 11.3 Å². The molecule has 0 atom stereocenters. The van der Waals surface area contributed by atoms with Crippen molar-refractivity contribution < 1.29 is 9.53 Å². The maximum atomic E-state index is 12.6. The molecule has 0 bridgehead atoms. The summed E-state index contributed by atoms with van der Waals surface area (Å²) in [5.41, 5.74) is 5.16. The molecule has 1 aliphatic heterocycles. The number of carbonyl (C=O) groups excluding carboxylic acids is 1. The van der Waals surface area contributed by atoms with Crippen LogP contribution in [0.4, 0.5) is 5.69 Å². The third-order valence-electron chi connectivity index (χ3n) is 5.18. The molecule has 3 aromatic rings. The lowest BCUT2D eigenvalue weighted by molar-refractivity contribution is -0.110. The second-order valence-electron chi connectivity index (χ2n) is 8.61. The first-order chi connectivity index (χ1) is 14.7. The van der Waals surface area contributed by atoms with Crippen LogP contribution in [-0.2, 0) is 16.8 Å². The van der Waals surface area contributed by atoms with Crippen molar-refractivity contribution >= 4 is 57.4 Å². The van der Waals surface area contributed by atoms with Crippen LogP contribution in [0, 0.1) is 3.57 Å². The van der Waals surface area contributed by atoms with Crippen LogP contribution in [0.1, 0.15) is 43.0 Å². The van der Waals surface area contributed by atoms with Crippen LogP contribution >= 0.6 is 34.2 Å². The summed E-state index contributed by atoms with van der Waals surface area (Å²) < 4.78 is 7.25. The summed E-state index contributed by atoms with van der Waals surface area (Å²) in [7, 11) is 0. The Balaban J connectivity index is 1.74. The molecule has 3 nitrogen and oxygen atoms in total. The number of anilines is 1. The van der Waals surface area contributed by atoms with E-state index in [1.807, 2.05) is 60.7 Å².